The highest BCUT2D eigenvalue weighted by Crippen LogP contribution is 2.39. The molecule has 1 aliphatic carbocycles. The fourth-order valence-corrected chi connectivity index (χ4v) is 3.31. The van der Waals surface area contributed by atoms with Crippen LogP contribution in [-0.4, -0.2) is 25.4 Å². The van der Waals surface area contributed by atoms with Crippen LogP contribution in [0.5, 0.6) is 0 Å². The lowest BCUT2D eigenvalue weighted by Gasteiger charge is -2.35. The smallest absolute Gasteiger partial charge is 0.107 e. The summed E-state index contributed by atoms with van der Waals surface area (Å²) in [6.45, 7) is 1.99. The van der Waals surface area contributed by atoms with E-state index >= 15 is 0 Å². The standard InChI is InChI=1S/C18H23N4O/c1-2-3-16(19)14-6-8-18(23,9-7-14)17-5-4-15(12-21-17)22-11-10-20-13-22/h2,4-5,10-14,19,23H,3,6-9H2,1H3. The summed E-state index contributed by atoms with van der Waals surface area (Å²) in [5.74, 6) is 0.302. The van der Waals surface area contributed by atoms with Gasteiger partial charge in [-0.05, 0) is 56.6 Å². The van der Waals surface area contributed by atoms with Crippen molar-refractivity contribution in [3.05, 3.63) is 49.2 Å². The van der Waals surface area contributed by atoms with Gasteiger partial charge in [-0.3, -0.25) is 4.98 Å². The second-order valence-electron chi connectivity index (χ2n) is 6.32. The number of nitrogens with zero attached hydrogens (tertiary/aromatic N) is 3. The average molecular weight is 311 g/mol. The molecule has 0 spiro atoms. The molecule has 0 aromatic carbocycles. The number of aliphatic hydroxyl groups is 1. The molecule has 0 amide bonds. The maximum absolute atomic E-state index is 10.9. The zero-order valence-corrected chi connectivity index (χ0v) is 13.4. The molecule has 2 aromatic heterocycles. The number of rotatable bonds is 5. The molecular formula is C18H23N4O. The molecule has 2 heterocycles. The highest BCUT2D eigenvalue weighted by atomic mass is 16.3. The Morgan fingerprint density at radius 1 is 1.43 bits per heavy atom. The van der Waals surface area contributed by atoms with E-state index in [1.807, 2.05) is 36.2 Å². The van der Waals surface area contributed by atoms with Gasteiger partial charge in [-0.25, -0.2) is 4.98 Å². The van der Waals surface area contributed by atoms with E-state index in [0.29, 0.717) is 18.8 Å². The van der Waals surface area contributed by atoms with Crippen molar-refractivity contribution in [2.75, 3.05) is 0 Å². The van der Waals surface area contributed by atoms with Gasteiger partial charge in [0.15, 0.2) is 0 Å². The maximum atomic E-state index is 10.9. The van der Waals surface area contributed by atoms with Crippen molar-refractivity contribution < 1.29 is 5.11 Å². The lowest BCUT2D eigenvalue weighted by molar-refractivity contribution is -0.0110. The first kappa shape index (κ1) is 15.9. The molecule has 1 radical (unpaired) electrons. The molecule has 0 bridgehead atoms. The summed E-state index contributed by atoms with van der Waals surface area (Å²) in [5, 5.41) is 19.0. The van der Waals surface area contributed by atoms with E-state index in [0.717, 1.165) is 36.4 Å². The Morgan fingerprint density at radius 2 is 2.22 bits per heavy atom. The normalized spacial score (nSPS) is 24.5. The summed E-state index contributed by atoms with van der Waals surface area (Å²) in [6.07, 6.45) is 12.9. The van der Waals surface area contributed by atoms with Crippen LogP contribution in [0.4, 0.5) is 0 Å². The quantitative estimate of drug-likeness (QED) is 0.832. The summed E-state index contributed by atoms with van der Waals surface area (Å²) >= 11 is 0. The molecule has 5 heteroatoms. The monoisotopic (exact) mass is 311 g/mol. The van der Waals surface area contributed by atoms with Gasteiger partial charge < -0.3 is 15.1 Å². The molecule has 0 atom stereocenters. The minimum Gasteiger partial charge on any atom is -0.384 e. The van der Waals surface area contributed by atoms with Gasteiger partial charge in [-0.15, -0.1) is 0 Å². The van der Waals surface area contributed by atoms with E-state index in [1.54, 1.807) is 18.7 Å². The summed E-state index contributed by atoms with van der Waals surface area (Å²) in [7, 11) is 0. The number of hydrogen-bond donors (Lipinski definition) is 2. The SMILES string of the molecule is C[CH]CC(=N)C1CCC(O)(c2ccc(-n3ccnc3)cn2)CC1. The molecule has 0 saturated heterocycles. The van der Waals surface area contributed by atoms with Crippen molar-refractivity contribution in [3.8, 4) is 5.69 Å². The Balaban J connectivity index is 1.68. The molecule has 2 N–H and O–H groups in total. The number of nitrogens with one attached hydrogen (secondary N) is 1. The van der Waals surface area contributed by atoms with Crippen LogP contribution in [0.1, 0.15) is 44.7 Å². The highest BCUT2D eigenvalue weighted by molar-refractivity contribution is 5.84. The third kappa shape index (κ3) is 3.34. The first-order valence-electron chi connectivity index (χ1n) is 8.15. The molecular weight excluding hydrogens is 288 g/mol. The topological polar surface area (TPSA) is 74.8 Å². The molecule has 1 aliphatic rings. The predicted octanol–water partition coefficient (Wildman–Crippen LogP) is 3.28. The van der Waals surface area contributed by atoms with Gasteiger partial charge in [-0.2, -0.15) is 0 Å². The van der Waals surface area contributed by atoms with Crippen molar-refractivity contribution in [2.24, 2.45) is 5.92 Å². The third-order valence-electron chi connectivity index (χ3n) is 4.76. The van der Waals surface area contributed by atoms with Gasteiger partial charge in [0.25, 0.3) is 0 Å². The van der Waals surface area contributed by atoms with Crippen molar-refractivity contribution in [1.82, 2.24) is 14.5 Å². The van der Waals surface area contributed by atoms with E-state index in [9.17, 15) is 5.11 Å². The van der Waals surface area contributed by atoms with E-state index in [2.05, 4.69) is 9.97 Å². The Hall–Kier alpha value is -2.01. The number of hydrogen-bond acceptors (Lipinski definition) is 4. The Kier molecular flexibility index (Phi) is 4.57. The van der Waals surface area contributed by atoms with Crippen LogP contribution < -0.4 is 0 Å². The third-order valence-corrected chi connectivity index (χ3v) is 4.76. The van der Waals surface area contributed by atoms with Crippen molar-refractivity contribution in [1.29, 1.82) is 5.41 Å². The van der Waals surface area contributed by atoms with Crippen LogP contribution >= 0.6 is 0 Å². The molecule has 0 unspecified atom stereocenters. The molecule has 1 fully saturated rings. The summed E-state index contributed by atoms with van der Waals surface area (Å²) in [5.41, 5.74) is 1.59. The van der Waals surface area contributed by atoms with Crippen LogP contribution in [0.15, 0.2) is 37.1 Å². The second-order valence-corrected chi connectivity index (χ2v) is 6.32. The number of aromatic nitrogens is 3. The van der Waals surface area contributed by atoms with Crippen LogP contribution in [0.25, 0.3) is 5.69 Å². The Bertz CT molecular complexity index is 640. The van der Waals surface area contributed by atoms with Gasteiger partial charge in [-0.1, -0.05) is 6.92 Å². The fourth-order valence-electron chi connectivity index (χ4n) is 3.31. The lowest BCUT2D eigenvalue weighted by atomic mass is 9.75. The van der Waals surface area contributed by atoms with E-state index in [-0.39, 0.29) is 0 Å². The Morgan fingerprint density at radius 3 is 2.78 bits per heavy atom. The summed E-state index contributed by atoms with van der Waals surface area (Å²) < 4.78 is 1.89. The van der Waals surface area contributed by atoms with Crippen LogP contribution in [-0.2, 0) is 5.60 Å². The minimum atomic E-state index is -0.861. The summed E-state index contributed by atoms with van der Waals surface area (Å²) in [4.78, 5) is 8.51. The highest BCUT2D eigenvalue weighted by Gasteiger charge is 2.36. The zero-order chi connectivity index (χ0) is 16.3. The molecule has 5 nitrogen and oxygen atoms in total. The largest absolute Gasteiger partial charge is 0.384 e. The average Bonchev–Trinajstić information content (AvgIpc) is 3.10. The molecule has 1 saturated carbocycles. The number of pyridine rings is 1. The minimum absolute atomic E-state index is 0.302. The number of imidazole rings is 1. The molecule has 3 rings (SSSR count). The van der Waals surface area contributed by atoms with Crippen LogP contribution in [0.3, 0.4) is 0 Å². The lowest BCUT2D eigenvalue weighted by Crippen LogP contribution is -2.34. The van der Waals surface area contributed by atoms with E-state index < -0.39 is 5.60 Å². The first-order chi connectivity index (χ1) is 11.1. The van der Waals surface area contributed by atoms with Crippen molar-refractivity contribution in [3.63, 3.8) is 0 Å². The molecule has 2 aromatic rings. The van der Waals surface area contributed by atoms with Crippen LogP contribution in [0.2, 0.25) is 0 Å². The van der Waals surface area contributed by atoms with Gasteiger partial charge in [0.05, 0.1) is 23.9 Å². The van der Waals surface area contributed by atoms with Crippen molar-refractivity contribution in [2.45, 2.75) is 44.6 Å². The second kappa shape index (κ2) is 6.62. The Labute approximate surface area is 136 Å². The van der Waals surface area contributed by atoms with Gasteiger partial charge >= 0.3 is 0 Å². The molecule has 0 aliphatic heterocycles. The predicted molar refractivity (Wildman–Crippen MR) is 89.5 cm³/mol. The van der Waals surface area contributed by atoms with E-state index in [4.69, 9.17) is 5.41 Å². The zero-order valence-electron chi connectivity index (χ0n) is 13.4. The molecule has 23 heavy (non-hydrogen) atoms. The fraction of sp³-hybridized carbons (Fsp3) is 0.444. The van der Waals surface area contributed by atoms with Crippen molar-refractivity contribution >= 4 is 5.71 Å². The summed E-state index contributed by atoms with van der Waals surface area (Å²) in [6, 6.07) is 3.86. The van der Waals surface area contributed by atoms with E-state index in [1.165, 1.54) is 0 Å². The van der Waals surface area contributed by atoms with Gasteiger partial charge in [0.1, 0.15) is 5.60 Å². The van der Waals surface area contributed by atoms with Gasteiger partial charge in [0.2, 0.25) is 0 Å². The first-order valence-corrected chi connectivity index (χ1v) is 8.15. The maximum Gasteiger partial charge on any atom is 0.107 e. The van der Waals surface area contributed by atoms with Gasteiger partial charge in [0, 0.05) is 18.1 Å². The molecule has 121 valence electrons. The van der Waals surface area contributed by atoms with Crippen LogP contribution in [0, 0.1) is 17.7 Å².